The van der Waals surface area contributed by atoms with Crippen LogP contribution in [0.4, 0.5) is 4.39 Å². The highest BCUT2D eigenvalue weighted by Gasteiger charge is 2.23. The Morgan fingerprint density at radius 1 is 1.70 bits per heavy atom. The highest BCUT2D eigenvalue weighted by atomic mass is 127. The summed E-state index contributed by atoms with van der Waals surface area (Å²) in [6.45, 7) is 1.70. The molecule has 0 spiro atoms. The summed E-state index contributed by atoms with van der Waals surface area (Å²) in [7, 11) is -3.94. The van der Waals surface area contributed by atoms with Crippen LogP contribution >= 0.6 is 23.0 Å². The van der Waals surface area contributed by atoms with Crippen molar-refractivity contribution < 1.29 is 15.3 Å². The Balaban J connectivity index is 4.06. The normalized spacial score (nSPS) is 15.1. The summed E-state index contributed by atoms with van der Waals surface area (Å²) in [5.74, 6) is 0. The van der Waals surface area contributed by atoms with Gasteiger partial charge in [-0.25, -0.2) is 4.39 Å². The molecule has 0 saturated carbocycles. The van der Waals surface area contributed by atoms with Crippen LogP contribution in [0.3, 0.4) is 0 Å². The molecule has 0 aromatic carbocycles. The van der Waals surface area contributed by atoms with Gasteiger partial charge in [-0.2, -0.15) is 10.9 Å². The van der Waals surface area contributed by atoms with Crippen LogP contribution in [0.1, 0.15) is 19.8 Å². The van der Waals surface area contributed by atoms with E-state index in [1.807, 2.05) is 0 Å². The van der Waals surface area contributed by atoms with Gasteiger partial charge in [0.05, 0.1) is 0 Å². The molecule has 3 nitrogen and oxygen atoms in total. The van der Waals surface area contributed by atoms with E-state index in [4.69, 9.17) is 0 Å². The van der Waals surface area contributed by atoms with Crippen molar-refractivity contribution in [3.05, 3.63) is 0 Å². The zero-order valence-corrected chi connectivity index (χ0v) is 8.35. The van der Waals surface area contributed by atoms with Crippen molar-refractivity contribution in [1.29, 1.82) is 0 Å². The zero-order valence-electron chi connectivity index (χ0n) is 5.38. The summed E-state index contributed by atoms with van der Waals surface area (Å²) in [4.78, 5) is 0. The van der Waals surface area contributed by atoms with Gasteiger partial charge in [0.25, 0.3) is 0 Å². The first-order chi connectivity index (χ1) is 4.54. The Bertz CT molecular complexity index is 179. The fourth-order valence-corrected chi connectivity index (χ4v) is 1.69. The lowest BCUT2D eigenvalue weighted by molar-refractivity contribution is 0.374. The molecule has 0 heterocycles. The van der Waals surface area contributed by atoms with Gasteiger partial charge in [0.2, 0.25) is 5.50 Å². The van der Waals surface area contributed by atoms with Crippen LogP contribution in [-0.4, -0.2) is 13.9 Å². The molecule has 0 saturated heterocycles. The largest absolute Gasteiger partial charge is 0.309 e. The predicted molar refractivity (Wildman–Crippen MR) is 43.8 cm³/mol. The minimum atomic E-state index is -3.94. The predicted octanol–water partition coefficient (Wildman–Crippen LogP) is 1.78. The molecule has 0 radical (unpaired) electrons. The van der Waals surface area contributed by atoms with Crippen molar-refractivity contribution in [2.75, 3.05) is 0 Å². The Kier molecular flexibility index (Phi) is 4.70. The lowest BCUT2D eigenvalue weighted by atomic mass is 10.4. The third kappa shape index (κ3) is 3.11. The number of hydrogen-bond donors (Lipinski definition) is 0. The van der Waals surface area contributed by atoms with Crippen molar-refractivity contribution in [3.63, 3.8) is 0 Å². The molecule has 0 bridgehead atoms. The minimum Gasteiger partial charge on any atom is -0.227 e. The highest BCUT2D eigenvalue weighted by Crippen LogP contribution is 2.14. The van der Waals surface area contributed by atoms with Gasteiger partial charge in [0.1, 0.15) is 23.0 Å². The molecule has 10 heavy (non-hydrogen) atoms. The number of halogens is 2. The molecule has 1 atom stereocenters. The van der Waals surface area contributed by atoms with Gasteiger partial charge in [-0.3, -0.25) is 0 Å². The summed E-state index contributed by atoms with van der Waals surface area (Å²) in [5.41, 5.74) is -1.88. The van der Waals surface area contributed by atoms with Crippen LogP contribution in [0.15, 0.2) is 0 Å². The molecule has 0 amide bonds. The number of hydrogen-bond acceptors (Lipinski definition) is 3. The average Bonchev–Trinajstić information content (AvgIpc) is 1.89. The van der Waals surface area contributed by atoms with Gasteiger partial charge < -0.3 is 0 Å². The second-order valence-corrected chi connectivity index (χ2v) is 4.46. The maximum absolute atomic E-state index is 12.5. The quantitative estimate of drug-likeness (QED) is 0.738. The average molecular weight is 282 g/mol. The molecule has 0 aromatic heterocycles. The molecule has 0 aromatic rings. The third-order valence-corrected chi connectivity index (χ3v) is 3.46. The van der Waals surface area contributed by atoms with Crippen LogP contribution in [0.25, 0.3) is 0 Å². The maximum atomic E-state index is 12.5. The molecule has 0 aliphatic rings. The second-order valence-electron chi connectivity index (χ2n) is 1.75. The summed E-state index contributed by atoms with van der Waals surface area (Å²) in [6.07, 6.45) is 0.478. The first-order valence-corrected chi connectivity index (χ1v) is 5.08. The van der Waals surface area contributed by atoms with Crippen molar-refractivity contribution >= 4 is 33.1 Å². The van der Waals surface area contributed by atoms with Gasteiger partial charge >= 0.3 is 10.1 Å². The van der Waals surface area contributed by atoms with E-state index in [1.165, 1.54) is 0 Å². The van der Waals surface area contributed by atoms with Crippen molar-refractivity contribution in [2.45, 2.75) is 25.3 Å². The first kappa shape index (κ1) is 10.6. The van der Waals surface area contributed by atoms with Crippen LogP contribution in [0.5, 0.6) is 0 Å². The van der Waals surface area contributed by atoms with Gasteiger partial charge in [-0.05, 0) is 6.42 Å². The monoisotopic (exact) mass is 282 g/mol. The Morgan fingerprint density at radius 2 is 2.20 bits per heavy atom. The molecule has 1 unspecified atom stereocenters. The summed E-state index contributed by atoms with van der Waals surface area (Å²) in [5, 5.41) is 0. The van der Waals surface area contributed by atoms with Gasteiger partial charge in [-0.1, -0.05) is 13.3 Å². The molecule has 0 rings (SSSR count). The Morgan fingerprint density at radius 3 is 2.50 bits per heavy atom. The minimum absolute atomic E-state index is 0.00860. The van der Waals surface area contributed by atoms with Gasteiger partial charge in [-0.15, -0.1) is 0 Å². The van der Waals surface area contributed by atoms with E-state index in [-0.39, 0.29) is 6.42 Å². The highest BCUT2D eigenvalue weighted by molar-refractivity contribution is 14.1. The molecular weight excluding hydrogens is 274 g/mol. The zero-order chi connectivity index (χ0) is 8.20. The summed E-state index contributed by atoms with van der Waals surface area (Å²) < 4.78 is 37.4. The van der Waals surface area contributed by atoms with E-state index in [2.05, 4.69) is 2.51 Å². The smallest absolute Gasteiger partial charge is 0.227 e. The molecule has 0 fully saturated rings. The van der Waals surface area contributed by atoms with E-state index in [0.29, 0.717) is 6.42 Å². The SMILES string of the molecule is CCCC(F)S(=O)(=O)OI. The van der Waals surface area contributed by atoms with Gasteiger partial charge in [0, 0.05) is 0 Å². The van der Waals surface area contributed by atoms with E-state index in [9.17, 15) is 12.8 Å². The van der Waals surface area contributed by atoms with E-state index < -0.39 is 15.6 Å². The maximum Gasteiger partial charge on any atom is 0.309 e. The van der Waals surface area contributed by atoms with Crippen molar-refractivity contribution in [1.82, 2.24) is 0 Å². The Labute approximate surface area is 73.8 Å². The Hall–Kier alpha value is 0.570. The van der Waals surface area contributed by atoms with E-state index >= 15 is 0 Å². The lowest BCUT2D eigenvalue weighted by Gasteiger charge is -2.02. The van der Waals surface area contributed by atoms with Crippen LogP contribution in [0.2, 0.25) is 0 Å². The molecule has 0 N–H and O–H groups in total. The van der Waals surface area contributed by atoms with E-state index in [0.717, 1.165) is 23.0 Å². The van der Waals surface area contributed by atoms with Crippen LogP contribution in [-0.2, 0) is 12.6 Å². The number of alkyl halides is 1. The topological polar surface area (TPSA) is 43.4 Å². The third-order valence-electron chi connectivity index (χ3n) is 0.917. The standard InChI is InChI=1S/C4H8FIO3S/c1-2-3-4(5)10(7,8)9-6/h4H,2-3H2,1H3. The molecule has 62 valence electrons. The van der Waals surface area contributed by atoms with Gasteiger partial charge in [0.15, 0.2) is 0 Å². The lowest BCUT2D eigenvalue weighted by Crippen LogP contribution is -2.14. The van der Waals surface area contributed by atoms with Crippen LogP contribution in [0, 0.1) is 0 Å². The van der Waals surface area contributed by atoms with E-state index in [1.54, 1.807) is 6.92 Å². The number of rotatable bonds is 4. The second kappa shape index (κ2) is 4.45. The molecule has 6 heteroatoms. The fourth-order valence-electron chi connectivity index (χ4n) is 0.411. The first-order valence-electron chi connectivity index (χ1n) is 2.72. The molecule has 0 aliphatic heterocycles. The molecular formula is C4H8FIO3S. The van der Waals surface area contributed by atoms with Crippen molar-refractivity contribution in [3.8, 4) is 0 Å². The fraction of sp³-hybridized carbons (Fsp3) is 1.00. The van der Waals surface area contributed by atoms with Crippen molar-refractivity contribution in [2.24, 2.45) is 0 Å². The molecule has 0 aliphatic carbocycles. The summed E-state index contributed by atoms with van der Waals surface area (Å²) >= 11 is 1.16. The summed E-state index contributed by atoms with van der Waals surface area (Å²) in [6, 6.07) is 0. The van der Waals surface area contributed by atoms with Crippen LogP contribution < -0.4 is 0 Å².